The molecule has 2 aromatic carbocycles. The third-order valence-corrected chi connectivity index (χ3v) is 4.95. The summed E-state index contributed by atoms with van der Waals surface area (Å²) in [5.41, 5.74) is 2.85. The molecule has 1 amide bonds. The smallest absolute Gasteiger partial charge is 0.255 e. The quantitative estimate of drug-likeness (QED) is 0.878. The van der Waals surface area contributed by atoms with Crippen LogP contribution in [-0.4, -0.2) is 18.0 Å². The molecular weight excluding hydrogens is 284 g/mol. The fourth-order valence-corrected chi connectivity index (χ4v) is 3.26. The number of hydrogen-bond donors (Lipinski definition) is 2. The van der Waals surface area contributed by atoms with Gasteiger partial charge in [0.2, 0.25) is 0 Å². The van der Waals surface area contributed by atoms with Gasteiger partial charge in [-0.3, -0.25) is 4.79 Å². The highest BCUT2D eigenvalue weighted by molar-refractivity contribution is 6.04. The molecule has 2 saturated carbocycles. The summed E-state index contributed by atoms with van der Waals surface area (Å²) in [6.07, 6.45) is 5.20. The lowest BCUT2D eigenvalue weighted by Crippen LogP contribution is -2.37. The summed E-state index contributed by atoms with van der Waals surface area (Å²) in [6.45, 7) is 0. The molecule has 2 fully saturated rings. The van der Waals surface area contributed by atoms with Gasteiger partial charge >= 0.3 is 0 Å². The summed E-state index contributed by atoms with van der Waals surface area (Å²) in [5.74, 6) is 0.530. The molecule has 0 radical (unpaired) electrons. The molecule has 3 heteroatoms. The molecule has 0 aliphatic heterocycles. The largest absolute Gasteiger partial charge is 0.322 e. The van der Waals surface area contributed by atoms with Crippen LogP contribution in [0.15, 0.2) is 54.6 Å². The van der Waals surface area contributed by atoms with Crippen molar-refractivity contribution in [3.8, 4) is 0 Å². The lowest BCUT2D eigenvalue weighted by Gasteiger charge is -2.26. The molecule has 4 rings (SSSR count). The summed E-state index contributed by atoms with van der Waals surface area (Å²) >= 11 is 0. The summed E-state index contributed by atoms with van der Waals surface area (Å²) < 4.78 is 0. The fraction of sp³-hybridized carbons (Fsp3) is 0.350. The van der Waals surface area contributed by atoms with E-state index in [1.165, 1.54) is 31.2 Å². The van der Waals surface area contributed by atoms with E-state index in [1.54, 1.807) is 0 Å². The predicted octanol–water partition coefficient (Wildman–Crippen LogP) is 3.94. The Bertz CT molecular complexity index is 694. The average molecular weight is 306 g/mol. The maximum absolute atomic E-state index is 12.4. The summed E-state index contributed by atoms with van der Waals surface area (Å²) in [7, 11) is 0. The first-order valence-electron chi connectivity index (χ1n) is 8.52. The highest BCUT2D eigenvalue weighted by atomic mass is 16.1. The molecule has 0 spiro atoms. The lowest BCUT2D eigenvalue weighted by atomic mass is 9.93. The lowest BCUT2D eigenvalue weighted by molar-refractivity contribution is 0.102. The van der Waals surface area contributed by atoms with E-state index in [0.29, 0.717) is 12.0 Å². The molecule has 0 heterocycles. The maximum atomic E-state index is 12.4. The highest BCUT2D eigenvalue weighted by Crippen LogP contribution is 2.42. The standard InChI is InChI=1S/C20H22N2O/c23-20(22-17-8-2-1-3-9-17)15-7-4-6-14(12-15)18-13-19(18)21-16-10-5-11-16/h1-4,6-9,12,16,18-19,21H,5,10-11,13H2,(H,22,23)/t18-,19+/m1/s1. The Morgan fingerprint density at radius 3 is 2.57 bits per heavy atom. The molecule has 2 aliphatic carbocycles. The normalized spacial score (nSPS) is 23.1. The van der Waals surface area contributed by atoms with E-state index in [-0.39, 0.29) is 5.91 Å². The number of carbonyl (C=O) groups excluding carboxylic acids is 1. The van der Waals surface area contributed by atoms with Gasteiger partial charge in [0.05, 0.1) is 0 Å². The zero-order valence-electron chi connectivity index (χ0n) is 13.2. The number of anilines is 1. The SMILES string of the molecule is O=C(Nc1ccccc1)c1cccc([C@H]2C[C@@H]2NC2CCC2)c1. The van der Waals surface area contributed by atoms with Gasteiger partial charge in [0.15, 0.2) is 0 Å². The van der Waals surface area contributed by atoms with Gasteiger partial charge in [-0.15, -0.1) is 0 Å². The van der Waals surface area contributed by atoms with Crippen molar-refractivity contribution in [2.45, 2.75) is 43.7 Å². The molecule has 3 nitrogen and oxygen atoms in total. The first-order valence-corrected chi connectivity index (χ1v) is 8.52. The molecule has 0 unspecified atom stereocenters. The van der Waals surface area contributed by atoms with Crippen molar-refractivity contribution < 1.29 is 4.79 Å². The van der Waals surface area contributed by atoms with Crippen molar-refractivity contribution in [1.29, 1.82) is 0 Å². The fourth-order valence-electron chi connectivity index (χ4n) is 3.26. The van der Waals surface area contributed by atoms with Crippen LogP contribution in [0.25, 0.3) is 0 Å². The molecular formula is C20H22N2O. The van der Waals surface area contributed by atoms with Crippen molar-refractivity contribution in [3.05, 3.63) is 65.7 Å². The van der Waals surface area contributed by atoms with Crippen molar-refractivity contribution in [2.75, 3.05) is 5.32 Å². The van der Waals surface area contributed by atoms with Gasteiger partial charge < -0.3 is 10.6 Å². The number of amides is 1. The van der Waals surface area contributed by atoms with E-state index in [0.717, 1.165) is 17.3 Å². The van der Waals surface area contributed by atoms with Gasteiger partial charge in [-0.05, 0) is 49.1 Å². The number of hydrogen-bond acceptors (Lipinski definition) is 2. The van der Waals surface area contributed by atoms with Crippen molar-refractivity contribution >= 4 is 11.6 Å². The zero-order chi connectivity index (χ0) is 15.6. The van der Waals surface area contributed by atoms with Crippen LogP contribution < -0.4 is 10.6 Å². The number of rotatable bonds is 5. The zero-order valence-corrected chi connectivity index (χ0v) is 13.2. The minimum atomic E-state index is -0.0396. The van der Waals surface area contributed by atoms with E-state index in [9.17, 15) is 4.79 Å². The monoisotopic (exact) mass is 306 g/mol. The van der Waals surface area contributed by atoms with E-state index in [2.05, 4.69) is 16.7 Å². The molecule has 0 bridgehead atoms. The average Bonchev–Trinajstić information content (AvgIpc) is 3.32. The molecule has 23 heavy (non-hydrogen) atoms. The van der Waals surface area contributed by atoms with E-state index in [4.69, 9.17) is 0 Å². The maximum Gasteiger partial charge on any atom is 0.255 e. The molecule has 0 aromatic heterocycles. The summed E-state index contributed by atoms with van der Waals surface area (Å²) in [4.78, 5) is 12.4. The van der Waals surface area contributed by atoms with Crippen molar-refractivity contribution in [3.63, 3.8) is 0 Å². The van der Waals surface area contributed by atoms with Crippen LogP contribution in [0.2, 0.25) is 0 Å². The Hall–Kier alpha value is -2.13. The summed E-state index contributed by atoms with van der Waals surface area (Å²) in [5, 5.41) is 6.68. The second-order valence-electron chi connectivity index (χ2n) is 6.69. The number of nitrogens with one attached hydrogen (secondary N) is 2. The Balaban J connectivity index is 1.41. The van der Waals surface area contributed by atoms with Crippen LogP contribution in [0.3, 0.4) is 0 Å². The third kappa shape index (κ3) is 3.30. The van der Waals surface area contributed by atoms with Gasteiger partial charge in [0, 0.05) is 29.3 Å². The van der Waals surface area contributed by atoms with Gasteiger partial charge in [0.1, 0.15) is 0 Å². The van der Waals surface area contributed by atoms with E-state index >= 15 is 0 Å². The van der Waals surface area contributed by atoms with Crippen LogP contribution in [0.5, 0.6) is 0 Å². The molecule has 118 valence electrons. The molecule has 2 aromatic rings. The van der Waals surface area contributed by atoms with Gasteiger partial charge in [0.25, 0.3) is 5.91 Å². The Morgan fingerprint density at radius 1 is 1.00 bits per heavy atom. The number of para-hydroxylation sites is 1. The minimum Gasteiger partial charge on any atom is -0.322 e. The highest BCUT2D eigenvalue weighted by Gasteiger charge is 2.40. The van der Waals surface area contributed by atoms with Gasteiger partial charge in [-0.2, -0.15) is 0 Å². The Kier molecular flexibility index (Phi) is 3.88. The van der Waals surface area contributed by atoms with Gasteiger partial charge in [-0.25, -0.2) is 0 Å². The summed E-state index contributed by atoms with van der Waals surface area (Å²) in [6, 6.07) is 19.0. The van der Waals surface area contributed by atoms with E-state index < -0.39 is 0 Å². The van der Waals surface area contributed by atoms with Crippen LogP contribution in [0.1, 0.15) is 47.5 Å². The van der Waals surface area contributed by atoms with Crippen LogP contribution in [-0.2, 0) is 0 Å². The van der Waals surface area contributed by atoms with E-state index in [1.807, 2.05) is 48.5 Å². The molecule has 2 N–H and O–H groups in total. The second-order valence-corrected chi connectivity index (χ2v) is 6.69. The van der Waals surface area contributed by atoms with Crippen molar-refractivity contribution in [2.24, 2.45) is 0 Å². The third-order valence-electron chi connectivity index (χ3n) is 4.95. The Morgan fingerprint density at radius 2 is 1.83 bits per heavy atom. The van der Waals surface area contributed by atoms with Crippen molar-refractivity contribution in [1.82, 2.24) is 5.32 Å². The first kappa shape index (κ1) is 14.5. The van der Waals surface area contributed by atoms with Crippen LogP contribution >= 0.6 is 0 Å². The van der Waals surface area contributed by atoms with Crippen LogP contribution in [0, 0.1) is 0 Å². The molecule has 2 aliphatic rings. The van der Waals surface area contributed by atoms with Gasteiger partial charge in [-0.1, -0.05) is 36.8 Å². The second kappa shape index (κ2) is 6.17. The molecule has 0 saturated heterocycles. The number of benzene rings is 2. The molecule has 2 atom stereocenters. The predicted molar refractivity (Wildman–Crippen MR) is 92.8 cm³/mol. The topological polar surface area (TPSA) is 41.1 Å². The number of carbonyl (C=O) groups is 1. The Labute approximate surface area is 137 Å². The minimum absolute atomic E-state index is 0.0396. The van der Waals surface area contributed by atoms with Crippen LogP contribution in [0.4, 0.5) is 5.69 Å². The first-order chi connectivity index (χ1) is 11.3.